The van der Waals surface area contributed by atoms with Crippen LogP contribution in [0.1, 0.15) is 11.1 Å². The second-order valence-electron chi connectivity index (χ2n) is 6.70. The van der Waals surface area contributed by atoms with Gasteiger partial charge in [0.05, 0.1) is 23.1 Å². The quantitative estimate of drug-likeness (QED) is 0.348. The van der Waals surface area contributed by atoms with Gasteiger partial charge in [-0.3, -0.25) is 0 Å². The molecule has 0 atom stereocenters. The maximum Gasteiger partial charge on any atom is 0.417 e. The summed E-state index contributed by atoms with van der Waals surface area (Å²) in [6.45, 7) is 1.95. The van der Waals surface area contributed by atoms with Crippen molar-refractivity contribution in [2.45, 2.75) is 13.1 Å². The molecule has 4 rings (SSSR count). The Labute approximate surface area is 171 Å². The molecular formula is C23H16ClF3N2. The van der Waals surface area contributed by atoms with Crippen molar-refractivity contribution in [2.75, 3.05) is 0 Å². The van der Waals surface area contributed by atoms with Crippen LogP contribution in [0.5, 0.6) is 0 Å². The number of hydrogen-bond donors (Lipinski definition) is 0. The zero-order valence-corrected chi connectivity index (χ0v) is 16.2. The first-order valence-corrected chi connectivity index (χ1v) is 9.30. The Bertz CT molecular complexity index is 1080. The molecule has 6 heteroatoms. The van der Waals surface area contributed by atoms with E-state index in [1.54, 1.807) is 41.2 Å². The predicted octanol–water partition coefficient (Wildman–Crippen LogP) is 7.19. The maximum atomic E-state index is 13.8. The van der Waals surface area contributed by atoms with E-state index in [4.69, 9.17) is 11.6 Å². The SMILES string of the molecule is Cc1ccc(-n2ncc(-c3ccc(Cl)cc3)c2-c2ccccc2C(F)(F)F)cc1. The Balaban J connectivity index is 2.01. The monoisotopic (exact) mass is 412 g/mol. The zero-order valence-electron chi connectivity index (χ0n) is 15.4. The van der Waals surface area contributed by atoms with Crippen molar-refractivity contribution in [3.63, 3.8) is 0 Å². The highest BCUT2D eigenvalue weighted by atomic mass is 35.5. The van der Waals surface area contributed by atoms with Crippen molar-refractivity contribution < 1.29 is 13.2 Å². The molecule has 0 unspecified atom stereocenters. The van der Waals surface area contributed by atoms with Crippen LogP contribution in [0.2, 0.25) is 5.02 Å². The van der Waals surface area contributed by atoms with E-state index in [9.17, 15) is 13.2 Å². The molecule has 0 spiro atoms. The van der Waals surface area contributed by atoms with Gasteiger partial charge in [-0.1, -0.05) is 59.6 Å². The third-order valence-electron chi connectivity index (χ3n) is 4.69. The van der Waals surface area contributed by atoms with Gasteiger partial charge in [-0.05, 0) is 42.8 Å². The summed E-state index contributed by atoms with van der Waals surface area (Å²) in [4.78, 5) is 0. The van der Waals surface area contributed by atoms with Gasteiger partial charge in [-0.25, -0.2) is 4.68 Å². The molecule has 0 saturated carbocycles. The lowest BCUT2D eigenvalue weighted by Gasteiger charge is -2.16. The van der Waals surface area contributed by atoms with E-state index >= 15 is 0 Å². The number of benzene rings is 3. The van der Waals surface area contributed by atoms with Gasteiger partial charge in [0.25, 0.3) is 0 Å². The third-order valence-corrected chi connectivity index (χ3v) is 4.94. The Kier molecular flexibility index (Phi) is 4.92. The molecule has 0 aliphatic rings. The van der Waals surface area contributed by atoms with E-state index in [1.165, 1.54) is 12.1 Å². The fourth-order valence-electron chi connectivity index (χ4n) is 3.27. The van der Waals surface area contributed by atoms with Crippen LogP contribution in [-0.2, 0) is 6.18 Å². The highest BCUT2D eigenvalue weighted by molar-refractivity contribution is 6.30. The van der Waals surface area contributed by atoms with E-state index in [-0.39, 0.29) is 5.56 Å². The minimum atomic E-state index is -4.49. The number of aryl methyl sites for hydroxylation is 1. The predicted molar refractivity (Wildman–Crippen MR) is 109 cm³/mol. The van der Waals surface area contributed by atoms with Gasteiger partial charge in [-0.15, -0.1) is 0 Å². The molecule has 2 nitrogen and oxygen atoms in total. The highest BCUT2D eigenvalue weighted by Gasteiger charge is 2.35. The van der Waals surface area contributed by atoms with Crippen LogP contribution in [-0.4, -0.2) is 9.78 Å². The molecule has 1 aromatic heterocycles. The number of halogens is 4. The van der Waals surface area contributed by atoms with Gasteiger partial charge >= 0.3 is 6.18 Å². The van der Waals surface area contributed by atoms with Crippen molar-refractivity contribution >= 4 is 11.6 Å². The number of aromatic nitrogens is 2. The van der Waals surface area contributed by atoms with Crippen molar-refractivity contribution in [1.29, 1.82) is 0 Å². The lowest BCUT2D eigenvalue weighted by Crippen LogP contribution is -2.09. The van der Waals surface area contributed by atoms with E-state index in [1.807, 2.05) is 31.2 Å². The molecule has 0 aliphatic heterocycles. The van der Waals surface area contributed by atoms with Gasteiger partial charge in [0, 0.05) is 16.1 Å². The second kappa shape index (κ2) is 7.41. The van der Waals surface area contributed by atoms with Crippen LogP contribution in [0.15, 0.2) is 79.0 Å². The smallest absolute Gasteiger partial charge is 0.232 e. The van der Waals surface area contributed by atoms with E-state index < -0.39 is 11.7 Å². The molecule has 0 N–H and O–H groups in total. The summed E-state index contributed by atoms with van der Waals surface area (Å²) < 4.78 is 42.9. The summed E-state index contributed by atoms with van der Waals surface area (Å²) in [7, 11) is 0. The number of nitrogens with zero attached hydrogens (tertiary/aromatic N) is 2. The summed E-state index contributed by atoms with van der Waals surface area (Å²) in [6, 6.07) is 20.0. The average molecular weight is 413 g/mol. The normalized spacial score (nSPS) is 11.6. The van der Waals surface area contributed by atoms with Gasteiger partial charge in [0.1, 0.15) is 0 Å². The topological polar surface area (TPSA) is 17.8 Å². The summed E-state index contributed by atoms with van der Waals surface area (Å²) >= 11 is 5.99. The lowest BCUT2D eigenvalue weighted by molar-refractivity contribution is -0.137. The molecule has 1 heterocycles. The molecule has 3 aromatic carbocycles. The first kappa shape index (κ1) is 19.3. The zero-order chi connectivity index (χ0) is 20.6. The summed E-state index contributed by atoms with van der Waals surface area (Å²) in [5.74, 6) is 0. The van der Waals surface area contributed by atoms with E-state index in [2.05, 4.69) is 5.10 Å². The minimum absolute atomic E-state index is 0.0722. The van der Waals surface area contributed by atoms with Crippen molar-refractivity contribution in [1.82, 2.24) is 9.78 Å². The van der Waals surface area contributed by atoms with Crippen LogP contribution in [0, 0.1) is 6.92 Å². The molecule has 0 saturated heterocycles. The van der Waals surface area contributed by atoms with Crippen molar-refractivity contribution in [2.24, 2.45) is 0 Å². The molecule has 29 heavy (non-hydrogen) atoms. The van der Waals surface area contributed by atoms with Crippen LogP contribution in [0.3, 0.4) is 0 Å². The highest BCUT2D eigenvalue weighted by Crippen LogP contribution is 2.41. The Morgan fingerprint density at radius 3 is 2.14 bits per heavy atom. The van der Waals surface area contributed by atoms with E-state index in [0.717, 1.165) is 17.2 Å². The Morgan fingerprint density at radius 1 is 0.828 bits per heavy atom. The molecular weight excluding hydrogens is 397 g/mol. The molecule has 0 amide bonds. The fraction of sp³-hybridized carbons (Fsp3) is 0.0870. The van der Waals surface area contributed by atoms with Gasteiger partial charge in [0.15, 0.2) is 0 Å². The molecule has 0 bridgehead atoms. The molecule has 0 radical (unpaired) electrons. The molecule has 0 fully saturated rings. The largest absolute Gasteiger partial charge is 0.417 e. The van der Waals surface area contributed by atoms with Crippen LogP contribution in [0.4, 0.5) is 13.2 Å². The minimum Gasteiger partial charge on any atom is -0.232 e. The van der Waals surface area contributed by atoms with Crippen LogP contribution >= 0.6 is 11.6 Å². The second-order valence-corrected chi connectivity index (χ2v) is 7.14. The summed E-state index contributed by atoms with van der Waals surface area (Å²) in [5.41, 5.74) is 2.81. The maximum absolute atomic E-state index is 13.8. The van der Waals surface area contributed by atoms with Gasteiger partial charge < -0.3 is 0 Å². The average Bonchev–Trinajstić information content (AvgIpc) is 3.13. The summed E-state index contributed by atoms with van der Waals surface area (Å²) in [6.07, 6.45) is -2.90. The fourth-order valence-corrected chi connectivity index (χ4v) is 3.39. The standard InChI is InChI=1S/C23H16ClF3N2/c1-15-6-12-18(13-7-15)29-22(19-4-2-3-5-21(19)23(25,26)27)20(14-28-29)16-8-10-17(24)11-9-16/h2-14H,1H3. The number of hydrogen-bond acceptors (Lipinski definition) is 1. The van der Waals surface area contributed by atoms with Crippen LogP contribution in [0.25, 0.3) is 28.1 Å². The van der Waals surface area contributed by atoms with E-state index in [0.29, 0.717) is 22.0 Å². The number of alkyl halides is 3. The van der Waals surface area contributed by atoms with Crippen molar-refractivity contribution in [3.05, 3.63) is 95.1 Å². The first-order chi connectivity index (χ1) is 13.8. The van der Waals surface area contributed by atoms with Crippen LogP contribution < -0.4 is 0 Å². The molecule has 146 valence electrons. The van der Waals surface area contributed by atoms with Crippen molar-refractivity contribution in [3.8, 4) is 28.1 Å². The number of rotatable bonds is 3. The third kappa shape index (κ3) is 3.78. The summed E-state index contributed by atoms with van der Waals surface area (Å²) in [5, 5.41) is 4.98. The lowest BCUT2D eigenvalue weighted by atomic mass is 9.97. The first-order valence-electron chi connectivity index (χ1n) is 8.92. The Hall–Kier alpha value is -3.05. The molecule has 0 aliphatic carbocycles. The van der Waals surface area contributed by atoms with Gasteiger partial charge in [-0.2, -0.15) is 18.3 Å². The van der Waals surface area contributed by atoms with Gasteiger partial charge in [0.2, 0.25) is 0 Å². The molecule has 4 aromatic rings. The Morgan fingerprint density at radius 2 is 1.48 bits per heavy atom.